The van der Waals surface area contributed by atoms with Crippen molar-refractivity contribution in [1.29, 1.82) is 0 Å². The Hall–Kier alpha value is -2.18. The summed E-state index contributed by atoms with van der Waals surface area (Å²) in [4.78, 5) is 21.2. The Labute approximate surface area is 129 Å². The summed E-state index contributed by atoms with van der Waals surface area (Å²) in [5.74, 6) is 0.0416. The fraction of sp³-hybridized carbons (Fsp3) is 0.0714. The van der Waals surface area contributed by atoms with Crippen LogP contribution in [-0.4, -0.2) is 15.8 Å². The molecule has 0 atom stereocenters. The molecule has 0 aliphatic heterocycles. The predicted octanol–water partition coefficient (Wildman–Crippen LogP) is 3.38. The molecular weight excluding hydrogens is 308 g/mol. The molecule has 5 nitrogen and oxygen atoms in total. The zero-order valence-corrected chi connectivity index (χ0v) is 12.6. The van der Waals surface area contributed by atoms with Gasteiger partial charge < -0.3 is 11.5 Å². The summed E-state index contributed by atoms with van der Waals surface area (Å²) < 4.78 is 0. The van der Waals surface area contributed by atoms with Crippen LogP contribution in [0.25, 0.3) is 21.5 Å². The minimum Gasteiger partial charge on any atom is -0.397 e. The molecule has 2 aromatic heterocycles. The minimum atomic E-state index is -0.101. The lowest BCUT2D eigenvalue weighted by molar-refractivity contribution is 0.102. The molecular formula is C14H11ClN4OS. The lowest BCUT2D eigenvalue weighted by Gasteiger charge is -2.05. The van der Waals surface area contributed by atoms with Gasteiger partial charge in [-0.3, -0.25) is 4.79 Å². The summed E-state index contributed by atoms with van der Waals surface area (Å²) >= 11 is 7.13. The van der Waals surface area contributed by atoms with E-state index < -0.39 is 0 Å². The van der Waals surface area contributed by atoms with E-state index in [0.29, 0.717) is 31.5 Å². The van der Waals surface area contributed by atoms with Crippen LogP contribution >= 0.6 is 22.9 Å². The molecule has 0 bridgehead atoms. The number of halogens is 1. The number of nitrogen functional groups attached to an aromatic ring is 2. The van der Waals surface area contributed by atoms with Crippen molar-refractivity contribution in [2.75, 3.05) is 11.5 Å². The van der Waals surface area contributed by atoms with Gasteiger partial charge in [0.15, 0.2) is 5.78 Å². The van der Waals surface area contributed by atoms with Gasteiger partial charge in [0.1, 0.15) is 4.83 Å². The maximum atomic E-state index is 11.6. The van der Waals surface area contributed by atoms with Crippen LogP contribution in [0.2, 0.25) is 5.02 Å². The van der Waals surface area contributed by atoms with Crippen molar-refractivity contribution >= 4 is 50.6 Å². The van der Waals surface area contributed by atoms with E-state index >= 15 is 0 Å². The first-order valence-corrected chi connectivity index (χ1v) is 7.29. The SMILES string of the molecule is CC(=O)c1sc2nc(N)nc(-c3ccc(Cl)cc3)c2c1N. The third-order valence-electron chi connectivity index (χ3n) is 3.04. The highest BCUT2D eigenvalue weighted by Crippen LogP contribution is 2.38. The van der Waals surface area contributed by atoms with Crippen LogP contribution in [0, 0.1) is 0 Å². The van der Waals surface area contributed by atoms with Gasteiger partial charge in [-0.15, -0.1) is 11.3 Å². The normalized spacial score (nSPS) is 11.0. The molecule has 7 heteroatoms. The van der Waals surface area contributed by atoms with Crippen molar-refractivity contribution in [2.24, 2.45) is 0 Å². The van der Waals surface area contributed by atoms with Crippen molar-refractivity contribution in [3.05, 3.63) is 34.2 Å². The Kier molecular flexibility index (Phi) is 3.27. The first-order chi connectivity index (χ1) is 9.97. The van der Waals surface area contributed by atoms with Gasteiger partial charge in [-0.1, -0.05) is 23.7 Å². The molecule has 3 aromatic rings. The van der Waals surface area contributed by atoms with E-state index in [0.717, 1.165) is 5.56 Å². The second-order valence-corrected chi connectivity index (χ2v) is 5.95. The molecule has 0 unspecified atom stereocenters. The van der Waals surface area contributed by atoms with E-state index in [2.05, 4.69) is 9.97 Å². The van der Waals surface area contributed by atoms with Crippen molar-refractivity contribution < 1.29 is 4.79 Å². The molecule has 0 amide bonds. The smallest absolute Gasteiger partial charge is 0.221 e. The Bertz CT molecular complexity index is 858. The van der Waals surface area contributed by atoms with Gasteiger partial charge in [0.05, 0.1) is 21.6 Å². The highest BCUT2D eigenvalue weighted by atomic mass is 35.5. The Morgan fingerprint density at radius 3 is 2.48 bits per heavy atom. The summed E-state index contributed by atoms with van der Waals surface area (Å²) in [5.41, 5.74) is 13.7. The molecule has 1 aromatic carbocycles. The van der Waals surface area contributed by atoms with Gasteiger partial charge in [0.2, 0.25) is 5.95 Å². The number of aromatic nitrogens is 2. The Balaban J connectivity index is 2.36. The van der Waals surface area contributed by atoms with Gasteiger partial charge in [-0.05, 0) is 12.1 Å². The number of rotatable bonds is 2. The summed E-state index contributed by atoms with van der Waals surface area (Å²) in [7, 11) is 0. The topological polar surface area (TPSA) is 94.9 Å². The van der Waals surface area contributed by atoms with Crippen LogP contribution in [-0.2, 0) is 0 Å². The lowest BCUT2D eigenvalue weighted by Crippen LogP contribution is -1.98. The maximum Gasteiger partial charge on any atom is 0.221 e. The summed E-state index contributed by atoms with van der Waals surface area (Å²) in [6.45, 7) is 1.47. The van der Waals surface area contributed by atoms with Crippen LogP contribution in [0.3, 0.4) is 0 Å². The number of carbonyl (C=O) groups excluding carboxylic acids is 1. The van der Waals surface area contributed by atoms with Gasteiger partial charge >= 0.3 is 0 Å². The zero-order chi connectivity index (χ0) is 15.1. The number of carbonyl (C=O) groups is 1. The van der Waals surface area contributed by atoms with E-state index in [-0.39, 0.29) is 11.7 Å². The van der Waals surface area contributed by atoms with E-state index in [9.17, 15) is 4.79 Å². The highest BCUT2D eigenvalue weighted by molar-refractivity contribution is 7.21. The standard InChI is InChI=1S/C14H11ClN4OS/c1-6(20)12-10(16)9-11(7-2-4-8(15)5-3-7)18-14(17)19-13(9)21-12/h2-5H,16H2,1H3,(H2,17,18,19). The van der Waals surface area contributed by atoms with Crippen molar-refractivity contribution in [3.8, 4) is 11.3 Å². The first kappa shape index (κ1) is 13.8. The Morgan fingerprint density at radius 2 is 1.86 bits per heavy atom. The molecule has 3 rings (SSSR count). The number of nitrogens with zero attached hydrogens (tertiary/aromatic N) is 2. The van der Waals surface area contributed by atoms with Crippen LogP contribution < -0.4 is 11.5 Å². The third kappa shape index (κ3) is 2.32. The van der Waals surface area contributed by atoms with Gasteiger partial charge in [-0.2, -0.15) is 0 Å². The summed E-state index contributed by atoms with van der Waals surface area (Å²) in [5, 5.41) is 1.28. The number of hydrogen-bond donors (Lipinski definition) is 2. The van der Waals surface area contributed by atoms with Crippen molar-refractivity contribution in [1.82, 2.24) is 9.97 Å². The average molecular weight is 319 g/mol. The summed E-state index contributed by atoms with van der Waals surface area (Å²) in [6.07, 6.45) is 0. The van der Waals surface area contributed by atoms with E-state index in [1.54, 1.807) is 12.1 Å². The third-order valence-corrected chi connectivity index (χ3v) is 4.50. The largest absolute Gasteiger partial charge is 0.397 e. The predicted molar refractivity (Wildman–Crippen MR) is 86.7 cm³/mol. The Morgan fingerprint density at radius 1 is 1.19 bits per heavy atom. The molecule has 21 heavy (non-hydrogen) atoms. The number of hydrogen-bond acceptors (Lipinski definition) is 6. The summed E-state index contributed by atoms with van der Waals surface area (Å²) in [6, 6.07) is 7.17. The molecule has 0 spiro atoms. The molecule has 0 fully saturated rings. The fourth-order valence-electron chi connectivity index (χ4n) is 2.12. The number of fused-ring (bicyclic) bond motifs is 1. The van der Waals surface area contributed by atoms with E-state index in [1.807, 2.05) is 12.1 Å². The molecule has 4 N–H and O–H groups in total. The number of anilines is 2. The molecule has 0 saturated heterocycles. The zero-order valence-electron chi connectivity index (χ0n) is 11.1. The first-order valence-electron chi connectivity index (χ1n) is 6.09. The van der Waals surface area contributed by atoms with Crippen LogP contribution in [0.4, 0.5) is 11.6 Å². The van der Waals surface area contributed by atoms with Crippen LogP contribution in [0.15, 0.2) is 24.3 Å². The van der Waals surface area contributed by atoms with Crippen molar-refractivity contribution in [2.45, 2.75) is 6.92 Å². The van der Waals surface area contributed by atoms with E-state index in [1.165, 1.54) is 18.3 Å². The quantitative estimate of drug-likeness (QED) is 0.706. The van der Waals surface area contributed by atoms with Crippen molar-refractivity contribution in [3.63, 3.8) is 0 Å². The molecule has 2 heterocycles. The van der Waals surface area contributed by atoms with Gasteiger partial charge in [0, 0.05) is 17.5 Å². The fourth-order valence-corrected chi connectivity index (χ4v) is 3.24. The highest BCUT2D eigenvalue weighted by Gasteiger charge is 2.19. The van der Waals surface area contributed by atoms with Crippen LogP contribution in [0.5, 0.6) is 0 Å². The number of thiophene rings is 1. The molecule has 0 radical (unpaired) electrons. The number of nitrogens with two attached hydrogens (primary N) is 2. The second-order valence-electron chi connectivity index (χ2n) is 4.52. The average Bonchev–Trinajstić information content (AvgIpc) is 2.76. The maximum absolute atomic E-state index is 11.6. The second kappa shape index (κ2) is 4.98. The molecule has 0 aliphatic rings. The number of benzene rings is 1. The minimum absolute atomic E-state index is 0.101. The van der Waals surface area contributed by atoms with Crippen LogP contribution in [0.1, 0.15) is 16.6 Å². The lowest BCUT2D eigenvalue weighted by atomic mass is 10.1. The number of Topliss-reactive ketones (excluding diaryl/α,β-unsaturated/α-hetero) is 1. The molecule has 0 aliphatic carbocycles. The number of ketones is 1. The van der Waals surface area contributed by atoms with Gasteiger partial charge in [0.25, 0.3) is 0 Å². The molecule has 0 saturated carbocycles. The van der Waals surface area contributed by atoms with Gasteiger partial charge in [-0.25, -0.2) is 9.97 Å². The monoisotopic (exact) mass is 318 g/mol. The van der Waals surface area contributed by atoms with E-state index in [4.69, 9.17) is 23.1 Å². The molecule has 106 valence electrons.